The van der Waals surface area contributed by atoms with E-state index < -0.39 is 0 Å². The summed E-state index contributed by atoms with van der Waals surface area (Å²) in [6.45, 7) is 2.37. The number of nitrogens with one attached hydrogen (secondary N) is 1. The van der Waals surface area contributed by atoms with Crippen LogP contribution in [0.2, 0.25) is 0 Å². The van der Waals surface area contributed by atoms with E-state index in [1.165, 1.54) is 0 Å². The maximum absolute atomic E-state index is 9.25. The average molecular weight is 275 g/mol. The van der Waals surface area contributed by atoms with Crippen molar-refractivity contribution in [3.63, 3.8) is 0 Å². The van der Waals surface area contributed by atoms with E-state index in [-0.39, 0.29) is 0 Å². The van der Waals surface area contributed by atoms with Crippen molar-refractivity contribution < 1.29 is 0 Å². The van der Waals surface area contributed by atoms with E-state index in [0.29, 0.717) is 17.9 Å². The second kappa shape index (κ2) is 5.55. The minimum atomic E-state index is 0.479. The fraction of sp³-hybridized carbons (Fsp3) is 0.125. The summed E-state index contributed by atoms with van der Waals surface area (Å²) in [5, 5.41) is 13.4. The first-order valence-electron chi connectivity index (χ1n) is 6.57. The Hall–Kier alpha value is -3.00. The maximum atomic E-state index is 9.25. The molecule has 2 heterocycles. The number of nitriles is 1. The second-order valence-electron chi connectivity index (χ2n) is 4.69. The molecule has 5 nitrogen and oxygen atoms in total. The van der Waals surface area contributed by atoms with E-state index in [1.54, 1.807) is 12.4 Å². The first-order valence-corrected chi connectivity index (χ1v) is 6.57. The van der Waals surface area contributed by atoms with Crippen LogP contribution in [0, 0.1) is 18.3 Å². The van der Waals surface area contributed by atoms with E-state index in [4.69, 9.17) is 0 Å². The van der Waals surface area contributed by atoms with Gasteiger partial charge in [0.1, 0.15) is 11.9 Å². The van der Waals surface area contributed by atoms with Gasteiger partial charge in [0.15, 0.2) is 0 Å². The van der Waals surface area contributed by atoms with Crippen molar-refractivity contribution >= 4 is 16.7 Å². The molecule has 0 aliphatic rings. The minimum Gasteiger partial charge on any atom is -0.363 e. The Labute approximate surface area is 122 Å². The van der Waals surface area contributed by atoms with Crippen molar-refractivity contribution in [3.8, 4) is 6.07 Å². The van der Waals surface area contributed by atoms with Gasteiger partial charge in [-0.1, -0.05) is 18.2 Å². The molecule has 3 aromatic rings. The molecule has 0 amide bonds. The molecule has 5 heteroatoms. The predicted octanol–water partition coefficient (Wildman–Crippen LogP) is 2.82. The Morgan fingerprint density at radius 3 is 2.81 bits per heavy atom. The lowest BCUT2D eigenvalue weighted by molar-refractivity contribution is 0.977. The molecule has 102 valence electrons. The van der Waals surface area contributed by atoms with E-state index in [9.17, 15) is 5.26 Å². The van der Waals surface area contributed by atoms with Crippen LogP contribution in [0.3, 0.4) is 0 Å². The van der Waals surface area contributed by atoms with Gasteiger partial charge in [-0.25, -0.2) is 4.98 Å². The normalized spacial score (nSPS) is 10.3. The average Bonchev–Trinajstić information content (AvgIpc) is 2.53. The molecule has 0 atom stereocenters. The molecule has 0 fully saturated rings. The van der Waals surface area contributed by atoms with Gasteiger partial charge in [-0.2, -0.15) is 5.26 Å². The number of aromatic nitrogens is 3. The zero-order valence-corrected chi connectivity index (χ0v) is 11.5. The summed E-state index contributed by atoms with van der Waals surface area (Å²) in [5.41, 5.74) is 3.06. The molecular weight excluding hydrogens is 262 g/mol. The fourth-order valence-corrected chi connectivity index (χ4v) is 2.02. The van der Waals surface area contributed by atoms with Crippen LogP contribution in [0.25, 0.3) is 10.9 Å². The van der Waals surface area contributed by atoms with Gasteiger partial charge in [0.25, 0.3) is 0 Å². The molecule has 0 saturated carbocycles. The Kier molecular flexibility index (Phi) is 3.44. The number of anilines is 1. The Bertz CT molecular complexity index is 818. The monoisotopic (exact) mass is 275 g/mol. The summed E-state index contributed by atoms with van der Waals surface area (Å²) in [7, 11) is 0. The molecule has 0 aliphatic carbocycles. The first-order chi connectivity index (χ1) is 10.3. The van der Waals surface area contributed by atoms with Crippen LogP contribution in [0.4, 0.5) is 5.82 Å². The molecule has 0 saturated heterocycles. The van der Waals surface area contributed by atoms with Crippen LogP contribution in [0.1, 0.15) is 17.0 Å². The summed E-state index contributed by atoms with van der Waals surface area (Å²) < 4.78 is 0. The van der Waals surface area contributed by atoms with Crippen molar-refractivity contribution in [3.05, 3.63) is 59.7 Å². The number of nitrogens with zero attached hydrogens (tertiary/aromatic N) is 4. The van der Waals surface area contributed by atoms with Crippen LogP contribution in [-0.2, 0) is 6.54 Å². The summed E-state index contributed by atoms with van der Waals surface area (Å²) in [6.07, 6.45) is 3.44. The molecule has 0 unspecified atom stereocenters. The van der Waals surface area contributed by atoms with E-state index in [2.05, 4.69) is 26.3 Å². The third-order valence-corrected chi connectivity index (χ3v) is 3.12. The molecular formula is C16H13N5. The SMILES string of the molecule is Cc1cnc(CNc2nc3ccccc3cc2C#N)cn1. The van der Waals surface area contributed by atoms with E-state index in [1.807, 2.05) is 37.3 Å². The van der Waals surface area contributed by atoms with Crippen molar-refractivity contribution in [1.29, 1.82) is 5.26 Å². The lowest BCUT2D eigenvalue weighted by atomic mass is 10.1. The number of para-hydroxylation sites is 1. The number of aryl methyl sites for hydroxylation is 1. The van der Waals surface area contributed by atoms with Gasteiger partial charge in [-0.05, 0) is 19.1 Å². The highest BCUT2D eigenvalue weighted by atomic mass is 15.0. The summed E-state index contributed by atoms with van der Waals surface area (Å²) in [4.78, 5) is 13.0. The van der Waals surface area contributed by atoms with Crippen molar-refractivity contribution in [2.45, 2.75) is 13.5 Å². The molecule has 1 N–H and O–H groups in total. The highest BCUT2D eigenvalue weighted by Gasteiger charge is 2.06. The van der Waals surface area contributed by atoms with Gasteiger partial charge < -0.3 is 5.32 Å². The molecule has 1 aromatic carbocycles. The lowest BCUT2D eigenvalue weighted by Gasteiger charge is -2.08. The van der Waals surface area contributed by atoms with Crippen LogP contribution in [0.5, 0.6) is 0 Å². The fourth-order valence-electron chi connectivity index (χ4n) is 2.02. The quantitative estimate of drug-likeness (QED) is 0.795. The van der Waals surface area contributed by atoms with Gasteiger partial charge in [0, 0.05) is 11.6 Å². The van der Waals surface area contributed by atoms with Crippen molar-refractivity contribution in [1.82, 2.24) is 15.0 Å². The summed E-state index contributed by atoms with van der Waals surface area (Å²) in [6, 6.07) is 11.7. The van der Waals surface area contributed by atoms with Gasteiger partial charge in [0.2, 0.25) is 0 Å². The third-order valence-electron chi connectivity index (χ3n) is 3.12. The van der Waals surface area contributed by atoms with Crippen LogP contribution < -0.4 is 5.32 Å². The highest BCUT2D eigenvalue weighted by molar-refractivity contribution is 5.82. The minimum absolute atomic E-state index is 0.479. The van der Waals surface area contributed by atoms with Crippen LogP contribution in [0.15, 0.2) is 42.7 Å². The highest BCUT2D eigenvalue weighted by Crippen LogP contribution is 2.20. The molecule has 21 heavy (non-hydrogen) atoms. The number of hydrogen-bond acceptors (Lipinski definition) is 5. The summed E-state index contributed by atoms with van der Waals surface area (Å²) >= 11 is 0. The second-order valence-corrected chi connectivity index (χ2v) is 4.69. The Morgan fingerprint density at radius 1 is 1.19 bits per heavy atom. The van der Waals surface area contributed by atoms with Crippen molar-refractivity contribution in [2.24, 2.45) is 0 Å². The molecule has 2 aromatic heterocycles. The van der Waals surface area contributed by atoms with Crippen molar-refractivity contribution in [2.75, 3.05) is 5.32 Å². The Balaban J connectivity index is 1.89. The largest absolute Gasteiger partial charge is 0.363 e. The molecule has 0 bridgehead atoms. The number of benzene rings is 1. The standard InChI is InChI=1S/C16H13N5/c1-11-8-19-14(9-18-11)10-20-16-13(7-17)6-12-4-2-3-5-15(12)21-16/h2-6,8-9H,10H2,1H3,(H,20,21). The third kappa shape index (κ3) is 2.79. The Morgan fingerprint density at radius 2 is 2.05 bits per heavy atom. The summed E-state index contributed by atoms with van der Waals surface area (Å²) in [5.74, 6) is 0.568. The number of hydrogen-bond donors (Lipinski definition) is 1. The zero-order chi connectivity index (χ0) is 14.7. The van der Waals surface area contributed by atoms with Gasteiger partial charge >= 0.3 is 0 Å². The topological polar surface area (TPSA) is 74.5 Å². The van der Waals surface area contributed by atoms with E-state index in [0.717, 1.165) is 22.3 Å². The number of rotatable bonds is 3. The van der Waals surface area contributed by atoms with Gasteiger partial charge in [-0.15, -0.1) is 0 Å². The lowest BCUT2D eigenvalue weighted by Crippen LogP contribution is -2.06. The molecule has 0 radical (unpaired) electrons. The number of fused-ring (bicyclic) bond motifs is 1. The van der Waals surface area contributed by atoms with Crippen LogP contribution >= 0.6 is 0 Å². The van der Waals surface area contributed by atoms with Gasteiger partial charge in [-0.3, -0.25) is 9.97 Å². The number of pyridine rings is 1. The van der Waals surface area contributed by atoms with E-state index >= 15 is 0 Å². The zero-order valence-electron chi connectivity index (χ0n) is 11.5. The van der Waals surface area contributed by atoms with Gasteiger partial charge in [0.05, 0.1) is 35.2 Å². The molecule has 3 rings (SSSR count). The van der Waals surface area contributed by atoms with Crippen LogP contribution in [-0.4, -0.2) is 15.0 Å². The first kappa shape index (κ1) is 13.0. The molecule has 0 spiro atoms. The predicted molar refractivity (Wildman–Crippen MR) is 80.6 cm³/mol. The molecule has 0 aliphatic heterocycles. The maximum Gasteiger partial charge on any atom is 0.144 e. The smallest absolute Gasteiger partial charge is 0.144 e.